The average molecular weight is 284 g/mol. The van der Waals surface area contributed by atoms with Gasteiger partial charge in [-0.25, -0.2) is 0 Å². The summed E-state index contributed by atoms with van der Waals surface area (Å²) in [5.41, 5.74) is -0.129. The first-order chi connectivity index (χ1) is 9.22. The molecule has 0 radical (unpaired) electrons. The van der Waals surface area contributed by atoms with E-state index in [0.717, 1.165) is 38.5 Å². The van der Waals surface area contributed by atoms with E-state index in [9.17, 15) is 9.59 Å². The molecule has 0 bridgehead atoms. The minimum atomic E-state index is -0.129. The van der Waals surface area contributed by atoms with Crippen molar-refractivity contribution in [2.75, 3.05) is 14.1 Å². The molecule has 0 aliphatic heterocycles. The highest BCUT2D eigenvalue weighted by atomic mass is 16.2. The lowest BCUT2D eigenvalue weighted by molar-refractivity contribution is -0.128. The van der Waals surface area contributed by atoms with E-state index in [4.69, 9.17) is 0 Å². The summed E-state index contributed by atoms with van der Waals surface area (Å²) >= 11 is 0. The largest absolute Gasteiger partial charge is 0.352 e. The van der Waals surface area contributed by atoms with E-state index in [1.165, 1.54) is 0 Å². The summed E-state index contributed by atoms with van der Waals surface area (Å²) in [6.45, 7) is 6.00. The van der Waals surface area contributed by atoms with Gasteiger partial charge in [-0.1, -0.05) is 25.7 Å². The first kappa shape index (κ1) is 18.9. The van der Waals surface area contributed by atoms with Gasteiger partial charge < -0.3 is 10.2 Å². The summed E-state index contributed by atoms with van der Waals surface area (Å²) in [5.74, 6) is 0.359. The van der Waals surface area contributed by atoms with Crippen molar-refractivity contribution in [3.05, 3.63) is 0 Å². The fraction of sp³-hybridized carbons (Fsp3) is 0.875. The van der Waals surface area contributed by atoms with Gasteiger partial charge in [-0.05, 0) is 33.6 Å². The lowest BCUT2D eigenvalue weighted by Gasteiger charge is -2.20. The predicted molar refractivity (Wildman–Crippen MR) is 83.5 cm³/mol. The molecule has 0 aliphatic carbocycles. The summed E-state index contributed by atoms with van der Waals surface area (Å²) in [6, 6.07) is 0. The van der Waals surface area contributed by atoms with Crippen molar-refractivity contribution < 1.29 is 9.59 Å². The van der Waals surface area contributed by atoms with Gasteiger partial charge in [-0.2, -0.15) is 0 Å². The monoisotopic (exact) mass is 284 g/mol. The number of hydrogen-bond acceptors (Lipinski definition) is 2. The Kier molecular flexibility index (Phi) is 9.26. The van der Waals surface area contributed by atoms with Crippen LogP contribution in [0.4, 0.5) is 0 Å². The van der Waals surface area contributed by atoms with Gasteiger partial charge in [0, 0.05) is 32.5 Å². The highest BCUT2D eigenvalue weighted by Crippen LogP contribution is 2.09. The normalized spacial score (nSPS) is 11.2. The quantitative estimate of drug-likeness (QED) is 0.661. The van der Waals surface area contributed by atoms with Crippen LogP contribution in [-0.2, 0) is 9.59 Å². The molecule has 0 unspecified atom stereocenters. The molecular formula is C16H32N2O2. The summed E-state index contributed by atoms with van der Waals surface area (Å²) in [7, 11) is 3.59. The number of carbonyl (C=O) groups excluding carboxylic acids is 2. The molecule has 4 heteroatoms. The molecular weight excluding hydrogens is 252 g/mol. The number of nitrogens with one attached hydrogen (secondary N) is 1. The van der Waals surface area contributed by atoms with E-state index in [0.29, 0.717) is 12.8 Å². The maximum atomic E-state index is 11.6. The maximum Gasteiger partial charge on any atom is 0.222 e. The van der Waals surface area contributed by atoms with E-state index in [-0.39, 0.29) is 17.4 Å². The number of rotatable bonds is 9. The van der Waals surface area contributed by atoms with Crippen LogP contribution < -0.4 is 5.32 Å². The fourth-order valence-electron chi connectivity index (χ4n) is 1.97. The van der Waals surface area contributed by atoms with Gasteiger partial charge in [-0.3, -0.25) is 9.59 Å². The Bertz CT molecular complexity index is 293. The van der Waals surface area contributed by atoms with E-state index < -0.39 is 0 Å². The smallest absolute Gasteiger partial charge is 0.222 e. The molecule has 0 aromatic carbocycles. The first-order valence-electron chi connectivity index (χ1n) is 7.73. The Hall–Kier alpha value is -1.06. The molecule has 118 valence electrons. The molecule has 0 aromatic rings. The van der Waals surface area contributed by atoms with E-state index in [2.05, 4.69) is 5.32 Å². The summed E-state index contributed by atoms with van der Waals surface area (Å²) in [6.07, 6.45) is 7.71. The molecule has 0 aliphatic rings. The number of carbonyl (C=O) groups is 2. The Morgan fingerprint density at radius 3 is 1.75 bits per heavy atom. The van der Waals surface area contributed by atoms with Crippen molar-refractivity contribution in [3.63, 3.8) is 0 Å². The van der Waals surface area contributed by atoms with Crippen molar-refractivity contribution in [1.82, 2.24) is 10.2 Å². The van der Waals surface area contributed by atoms with Gasteiger partial charge in [-0.15, -0.1) is 0 Å². The number of hydrogen-bond donors (Lipinski definition) is 1. The topological polar surface area (TPSA) is 49.4 Å². The van der Waals surface area contributed by atoms with Crippen LogP contribution in [0.3, 0.4) is 0 Å². The second-order valence-electron chi connectivity index (χ2n) is 6.71. The summed E-state index contributed by atoms with van der Waals surface area (Å²) in [4.78, 5) is 24.6. The Balaban J connectivity index is 3.37. The predicted octanol–water partition coefficient (Wildman–Crippen LogP) is 3.11. The third kappa shape index (κ3) is 12.0. The van der Waals surface area contributed by atoms with Crippen LogP contribution >= 0.6 is 0 Å². The van der Waals surface area contributed by atoms with Crippen LogP contribution in [0.1, 0.15) is 72.1 Å². The average Bonchev–Trinajstić information content (AvgIpc) is 2.29. The van der Waals surface area contributed by atoms with Crippen molar-refractivity contribution in [1.29, 1.82) is 0 Å². The van der Waals surface area contributed by atoms with Crippen LogP contribution in [0.15, 0.2) is 0 Å². The second kappa shape index (κ2) is 9.78. The zero-order valence-electron chi connectivity index (χ0n) is 13.9. The highest BCUT2D eigenvalue weighted by Gasteiger charge is 2.12. The molecule has 0 heterocycles. The third-order valence-electron chi connectivity index (χ3n) is 3.06. The van der Waals surface area contributed by atoms with Gasteiger partial charge in [0.15, 0.2) is 0 Å². The van der Waals surface area contributed by atoms with Gasteiger partial charge in [0.2, 0.25) is 11.8 Å². The lowest BCUT2D eigenvalue weighted by Crippen LogP contribution is -2.40. The van der Waals surface area contributed by atoms with E-state index in [1.807, 2.05) is 20.8 Å². The van der Waals surface area contributed by atoms with Crippen LogP contribution in [0.5, 0.6) is 0 Å². The molecule has 0 saturated carbocycles. The van der Waals surface area contributed by atoms with Crippen LogP contribution in [-0.4, -0.2) is 36.3 Å². The molecule has 4 nitrogen and oxygen atoms in total. The fourth-order valence-corrected chi connectivity index (χ4v) is 1.97. The zero-order valence-corrected chi connectivity index (χ0v) is 13.9. The molecule has 0 atom stereocenters. The van der Waals surface area contributed by atoms with Gasteiger partial charge in [0.05, 0.1) is 0 Å². The minimum absolute atomic E-state index is 0.129. The van der Waals surface area contributed by atoms with Crippen molar-refractivity contribution in [2.45, 2.75) is 77.7 Å². The standard InChI is InChI=1S/C16H32N2O2/c1-16(2,3)17-14(19)12-10-8-6-7-9-11-13-15(20)18(4)5/h6-13H2,1-5H3,(H,17,19). The summed E-state index contributed by atoms with van der Waals surface area (Å²) < 4.78 is 0. The van der Waals surface area contributed by atoms with Gasteiger partial charge >= 0.3 is 0 Å². The Morgan fingerprint density at radius 2 is 1.30 bits per heavy atom. The van der Waals surface area contributed by atoms with Crippen molar-refractivity contribution >= 4 is 11.8 Å². The molecule has 0 aromatic heterocycles. The third-order valence-corrected chi connectivity index (χ3v) is 3.06. The SMILES string of the molecule is CN(C)C(=O)CCCCCCCCC(=O)NC(C)(C)C. The van der Waals surface area contributed by atoms with E-state index in [1.54, 1.807) is 19.0 Å². The van der Waals surface area contributed by atoms with Crippen LogP contribution in [0, 0.1) is 0 Å². The zero-order chi connectivity index (χ0) is 15.6. The lowest BCUT2D eigenvalue weighted by atomic mass is 10.1. The van der Waals surface area contributed by atoms with Crippen LogP contribution in [0.25, 0.3) is 0 Å². The Labute approximate surface area is 124 Å². The molecule has 0 fully saturated rings. The molecule has 0 spiro atoms. The number of amides is 2. The molecule has 2 amide bonds. The van der Waals surface area contributed by atoms with Gasteiger partial charge in [0.25, 0.3) is 0 Å². The van der Waals surface area contributed by atoms with Crippen molar-refractivity contribution in [3.8, 4) is 0 Å². The van der Waals surface area contributed by atoms with Gasteiger partial charge in [0.1, 0.15) is 0 Å². The summed E-state index contributed by atoms with van der Waals surface area (Å²) in [5, 5.41) is 2.97. The molecule has 20 heavy (non-hydrogen) atoms. The molecule has 0 rings (SSSR count). The Morgan fingerprint density at radius 1 is 0.850 bits per heavy atom. The second-order valence-corrected chi connectivity index (χ2v) is 6.71. The van der Waals surface area contributed by atoms with Crippen molar-refractivity contribution in [2.24, 2.45) is 0 Å². The maximum absolute atomic E-state index is 11.6. The molecule has 0 saturated heterocycles. The highest BCUT2D eigenvalue weighted by molar-refractivity contribution is 5.76. The number of unbranched alkanes of at least 4 members (excludes halogenated alkanes) is 5. The van der Waals surface area contributed by atoms with E-state index >= 15 is 0 Å². The molecule has 1 N–H and O–H groups in total. The van der Waals surface area contributed by atoms with Crippen LogP contribution in [0.2, 0.25) is 0 Å². The minimum Gasteiger partial charge on any atom is -0.352 e. The number of nitrogens with zero attached hydrogens (tertiary/aromatic N) is 1. The first-order valence-corrected chi connectivity index (χ1v) is 7.73.